The van der Waals surface area contributed by atoms with E-state index in [1.807, 2.05) is 57.2 Å². The zero-order valence-corrected chi connectivity index (χ0v) is 17.0. The van der Waals surface area contributed by atoms with E-state index in [0.717, 1.165) is 44.0 Å². The van der Waals surface area contributed by atoms with E-state index in [-0.39, 0.29) is 5.91 Å². The van der Waals surface area contributed by atoms with Gasteiger partial charge < -0.3 is 16.0 Å². The maximum Gasteiger partial charge on any atom is 0.255 e. The van der Waals surface area contributed by atoms with Gasteiger partial charge in [0, 0.05) is 49.7 Å². The first-order valence-corrected chi connectivity index (χ1v) is 9.68. The minimum atomic E-state index is -0.116. The number of benzene rings is 2. The minimum Gasteiger partial charge on any atom is -0.398 e. The predicted molar refractivity (Wildman–Crippen MR) is 114 cm³/mol. The molecule has 146 valence electrons. The fraction of sp³-hybridized carbons (Fsp3) is 0.409. The molecule has 1 saturated heterocycles. The predicted octanol–water partition coefficient (Wildman–Crippen LogP) is 3.60. The van der Waals surface area contributed by atoms with Crippen molar-refractivity contribution < 1.29 is 4.79 Å². The highest BCUT2D eigenvalue weighted by atomic mass is 16.1. The zero-order chi connectivity index (χ0) is 19.8. The summed E-state index contributed by atoms with van der Waals surface area (Å²) < 4.78 is 0. The second kappa shape index (κ2) is 10.1. The van der Waals surface area contributed by atoms with Gasteiger partial charge in [-0.05, 0) is 49.4 Å². The Morgan fingerprint density at radius 1 is 1.04 bits per heavy atom. The van der Waals surface area contributed by atoms with Crippen LogP contribution < -0.4 is 11.1 Å². The van der Waals surface area contributed by atoms with Gasteiger partial charge in [0.25, 0.3) is 5.91 Å². The maximum atomic E-state index is 12.4. The Morgan fingerprint density at radius 3 is 2.26 bits per heavy atom. The van der Waals surface area contributed by atoms with Gasteiger partial charge in [0.2, 0.25) is 0 Å². The number of likely N-dealkylation sites (N-methyl/N-ethyl adjacent to an activating group) is 1. The highest BCUT2D eigenvalue weighted by molar-refractivity contribution is 6.04. The number of hydrogen-bond acceptors (Lipinski definition) is 4. The Kier molecular flexibility index (Phi) is 7.82. The normalized spacial score (nSPS) is 15.0. The van der Waals surface area contributed by atoms with Crippen LogP contribution in [0.15, 0.2) is 42.5 Å². The molecule has 5 nitrogen and oxygen atoms in total. The average molecular weight is 369 g/mol. The molecule has 1 heterocycles. The number of piperazine rings is 1. The van der Waals surface area contributed by atoms with Crippen LogP contribution in [0, 0.1) is 6.92 Å². The Labute approximate surface area is 163 Å². The number of anilines is 2. The van der Waals surface area contributed by atoms with E-state index >= 15 is 0 Å². The lowest BCUT2D eigenvalue weighted by molar-refractivity contribution is 0.102. The first-order valence-electron chi connectivity index (χ1n) is 9.68. The van der Waals surface area contributed by atoms with Gasteiger partial charge >= 0.3 is 0 Å². The van der Waals surface area contributed by atoms with E-state index in [2.05, 4.69) is 22.2 Å². The minimum absolute atomic E-state index is 0.116. The van der Waals surface area contributed by atoms with Crippen LogP contribution in [0.2, 0.25) is 0 Å². The SMILES string of the molecule is CC.Cc1ccc(NC(=O)c2ccc(CN3CCN(C)CC3)cc2)cc1N. The van der Waals surface area contributed by atoms with Gasteiger partial charge in [0.15, 0.2) is 0 Å². The van der Waals surface area contributed by atoms with E-state index < -0.39 is 0 Å². The monoisotopic (exact) mass is 368 g/mol. The summed E-state index contributed by atoms with van der Waals surface area (Å²) in [6.45, 7) is 11.3. The number of nitrogen functional groups attached to an aromatic ring is 1. The van der Waals surface area contributed by atoms with Crippen molar-refractivity contribution in [1.82, 2.24) is 9.80 Å². The van der Waals surface area contributed by atoms with Crippen molar-refractivity contribution >= 4 is 17.3 Å². The number of amides is 1. The molecule has 1 aliphatic heterocycles. The smallest absolute Gasteiger partial charge is 0.255 e. The molecule has 3 rings (SSSR count). The quantitative estimate of drug-likeness (QED) is 0.810. The van der Waals surface area contributed by atoms with Crippen LogP contribution in [-0.2, 0) is 6.54 Å². The summed E-state index contributed by atoms with van der Waals surface area (Å²) in [5.41, 5.74) is 10.2. The lowest BCUT2D eigenvalue weighted by atomic mass is 10.1. The molecular formula is C22H32N4O. The van der Waals surface area contributed by atoms with Crippen molar-refractivity contribution in [3.63, 3.8) is 0 Å². The molecule has 5 heteroatoms. The van der Waals surface area contributed by atoms with Gasteiger partial charge in [0.05, 0.1) is 0 Å². The van der Waals surface area contributed by atoms with Crippen LogP contribution in [0.25, 0.3) is 0 Å². The topological polar surface area (TPSA) is 61.6 Å². The molecule has 1 amide bonds. The Balaban J connectivity index is 0.00000126. The second-order valence-electron chi connectivity index (χ2n) is 6.80. The summed E-state index contributed by atoms with van der Waals surface area (Å²) >= 11 is 0. The van der Waals surface area contributed by atoms with Crippen LogP contribution in [0.3, 0.4) is 0 Å². The summed E-state index contributed by atoms with van der Waals surface area (Å²) in [5, 5.41) is 2.90. The fourth-order valence-corrected chi connectivity index (χ4v) is 2.95. The average Bonchev–Trinajstić information content (AvgIpc) is 2.69. The molecule has 0 aromatic heterocycles. The molecule has 27 heavy (non-hydrogen) atoms. The maximum absolute atomic E-state index is 12.4. The van der Waals surface area contributed by atoms with Gasteiger partial charge in [0.1, 0.15) is 0 Å². The summed E-state index contributed by atoms with van der Waals surface area (Å²) in [6, 6.07) is 13.4. The molecule has 0 saturated carbocycles. The Hall–Kier alpha value is -2.37. The van der Waals surface area contributed by atoms with Gasteiger partial charge in [-0.25, -0.2) is 0 Å². The molecule has 0 bridgehead atoms. The van der Waals surface area contributed by atoms with E-state index in [1.54, 1.807) is 6.07 Å². The van der Waals surface area contributed by atoms with Gasteiger partial charge in [-0.2, -0.15) is 0 Å². The third-order valence-electron chi connectivity index (χ3n) is 4.76. The first kappa shape index (κ1) is 20.9. The molecule has 0 atom stereocenters. The molecule has 0 aliphatic carbocycles. The van der Waals surface area contributed by atoms with Crippen molar-refractivity contribution in [2.75, 3.05) is 44.3 Å². The van der Waals surface area contributed by atoms with Crippen LogP contribution in [0.5, 0.6) is 0 Å². The molecular weight excluding hydrogens is 336 g/mol. The highest BCUT2D eigenvalue weighted by Crippen LogP contribution is 2.18. The number of nitrogens with two attached hydrogens (primary N) is 1. The van der Waals surface area contributed by atoms with Crippen LogP contribution in [-0.4, -0.2) is 48.9 Å². The first-order chi connectivity index (χ1) is 13.0. The van der Waals surface area contributed by atoms with Crippen molar-refractivity contribution in [3.8, 4) is 0 Å². The van der Waals surface area contributed by atoms with Crippen molar-refractivity contribution in [3.05, 3.63) is 59.2 Å². The van der Waals surface area contributed by atoms with E-state index in [1.165, 1.54) is 5.56 Å². The molecule has 0 radical (unpaired) electrons. The summed E-state index contributed by atoms with van der Waals surface area (Å²) in [6.07, 6.45) is 0. The fourth-order valence-electron chi connectivity index (χ4n) is 2.95. The van der Waals surface area contributed by atoms with E-state index in [4.69, 9.17) is 5.73 Å². The second-order valence-corrected chi connectivity index (χ2v) is 6.80. The molecule has 2 aromatic carbocycles. The number of nitrogens with zero attached hydrogens (tertiary/aromatic N) is 2. The zero-order valence-electron chi connectivity index (χ0n) is 17.0. The lowest BCUT2D eigenvalue weighted by Gasteiger charge is -2.32. The molecule has 0 unspecified atom stereocenters. The van der Waals surface area contributed by atoms with Crippen molar-refractivity contribution in [2.45, 2.75) is 27.3 Å². The Morgan fingerprint density at radius 2 is 1.67 bits per heavy atom. The number of carbonyl (C=O) groups is 1. The van der Waals surface area contributed by atoms with E-state index in [0.29, 0.717) is 11.3 Å². The number of hydrogen-bond donors (Lipinski definition) is 2. The van der Waals surface area contributed by atoms with Gasteiger partial charge in [-0.1, -0.05) is 32.0 Å². The van der Waals surface area contributed by atoms with Crippen molar-refractivity contribution in [1.29, 1.82) is 0 Å². The molecule has 2 aromatic rings. The number of rotatable bonds is 4. The summed E-state index contributed by atoms with van der Waals surface area (Å²) in [4.78, 5) is 17.2. The van der Waals surface area contributed by atoms with Crippen molar-refractivity contribution in [2.24, 2.45) is 0 Å². The third kappa shape index (κ3) is 6.08. The van der Waals surface area contributed by atoms with Gasteiger partial charge in [-0.3, -0.25) is 9.69 Å². The standard InChI is InChI=1S/C20H26N4O.C2H6/c1-15-3-8-18(13-19(15)21)22-20(25)17-6-4-16(5-7-17)14-24-11-9-23(2)10-12-24;1-2/h3-8,13H,9-12,14,21H2,1-2H3,(H,22,25);1-2H3. The summed E-state index contributed by atoms with van der Waals surface area (Å²) in [7, 11) is 2.16. The highest BCUT2D eigenvalue weighted by Gasteiger charge is 2.14. The number of carbonyl (C=O) groups excluding carboxylic acids is 1. The number of nitrogens with one attached hydrogen (secondary N) is 1. The number of aryl methyl sites for hydroxylation is 1. The van der Waals surface area contributed by atoms with Crippen LogP contribution in [0.4, 0.5) is 11.4 Å². The largest absolute Gasteiger partial charge is 0.398 e. The molecule has 1 aliphatic rings. The van der Waals surface area contributed by atoms with Gasteiger partial charge in [-0.15, -0.1) is 0 Å². The summed E-state index contributed by atoms with van der Waals surface area (Å²) in [5.74, 6) is -0.116. The Bertz CT molecular complexity index is 734. The van der Waals surface area contributed by atoms with E-state index in [9.17, 15) is 4.79 Å². The molecule has 0 spiro atoms. The molecule has 3 N–H and O–H groups in total. The van der Waals surface area contributed by atoms with Crippen LogP contribution >= 0.6 is 0 Å². The van der Waals surface area contributed by atoms with Crippen LogP contribution in [0.1, 0.15) is 35.3 Å². The third-order valence-corrected chi connectivity index (χ3v) is 4.76. The molecule has 1 fully saturated rings. The lowest BCUT2D eigenvalue weighted by Crippen LogP contribution is -2.43.